The van der Waals surface area contributed by atoms with Crippen LogP contribution in [0.4, 0.5) is 5.69 Å². The zero-order valence-corrected chi connectivity index (χ0v) is 12.5. The van der Waals surface area contributed by atoms with Gasteiger partial charge in [0.1, 0.15) is 11.8 Å². The molecule has 0 unspecified atom stereocenters. The molecular formula is C15H11N5OS. The molecule has 3 rings (SSSR count). The van der Waals surface area contributed by atoms with Crippen LogP contribution >= 0.6 is 11.3 Å². The van der Waals surface area contributed by atoms with Gasteiger partial charge in [0.25, 0.3) is 0 Å². The predicted molar refractivity (Wildman–Crippen MR) is 83.7 cm³/mol. The minimum atomic E-state index is -0.146. The number of benzene rings is 1. The number of nitrogens with one attached hydrogen (secondary N) is 1. The van der Waals surface area contributed by atoms with Crippen molar-refractivity contribution < 1.29 is 4.79 Å². The van der Waals surface area contributed by atoms with Gasteiger partial charge in [-0.3, -0.25) is 4.79 Å². The Bertz CT molecular complexity index is 860. The van der Waals surface area contributed by atoms with E-state index in [9.17, 15) is 10.1 Å². The highest BCUT2D eigenvalue weighted by Gasteiger charge is 2.17. The number of thiophene rings is 1. The number of hydrogen-bond donors (Lipinski definition) is 1. The lowest BCUT2D eigenvalue weighted by Crippen LogP contribution is -2.07. The molecule has 0 atom stereocenters. The van der Waals surface area contributed by atoms with Crippen molar-refractivity contribution in [1.82, 2.24) is 15.0 Å². The first-order valence-electron chi connectivity index (χ1n) is 6.47. The summed E-state index contributed by atoms with van der Waals surface area (Å²) in [5.41, 5.74) is 2.31. The molecule has 2 heterocycles. The van der Waals surface area contributed by atoms with Gasteiger partial charge in [0.15, 0.2) is 5.69 Å². The molecule has 0 bridgehead atoms. The van der Waals surface area contributed by atoms with Gasteiger partial charge in [-0.25, -0.2) is 4.68 Å². The molecule has 22 heavy (non-hydrogen) atoms. The van der Waals surface area contributed by atoms with E-state index in [1.807, 2.05) is 29.6 Å². The molecule has 0 fully saturated rings. The van der Waals surface area contributed by atoms with Gasteiger partial charge in [-0.2, -0.15) is 5.26 Å². The largest absolute Gasteiger partial charge is 0.326 e. The van der Waals surface area contributed by atoms with Crippen molar-refractivity contribution in [2.75, 3.05) is 5.32 Å². The topological polar surface area (TPSA) is 83.6 Å². The fourth-order valence-corrected chi connectivity index (χ4v) is 2.85. The third-order valence-corrected chi connectivity index (χ3v) is 3.82. The highest BCUT2D eigenvalue weighted by Crippen LogP contribution is 2.29. The second-order valence-electron chi connectivity index (χ2n) is 4.52. The van der Waals surface area contributed by atoms with Gasteiger partial charge < -0.3 is 5.32 Å². The molecular weight excluding hydrogens is 298 g/mol. The van der Waals surface area contributed by atoms with Crippen LogP contribution in [0.25, 0.3) is 16.3 Å². The number of rotatable bonds is 3. The second-order valence-corrected chi connectivity index (χ2v) is 5.47. The van der Waals surface area contributed by atoms with Crippen molar-refractivity contribution in [3.8, 4) is 22.3 Å². The van der Waals surface area contributed by atoms with E-state index >= 15 is 0 Å². The van der Waals surface area contributed by atoms with E-state index in [0.29, 0.717) is 11.4 Å². The van der Waals surface area contributed by atoms with Crippen molar-refractivity contribution in [3.05, 3.63) is 47.5 Å². The second kappa shape index (κ2) is 5.79. The number of hydrogen-bond acceptors (Lipinski definition) is 5. The smallest absolute Gasteiger partial charge is 0.221 e. The Morgan fingerprint density at radius 2 is 2.23 bits per heavy atom. The van der Waals surface area contributed by atoms with E-state index in [-0.39, 0.29) is 11.6 Å². The first-order valence-corrected chi connectivity index (χ1v) is 7.34. The van der Waals surface area contributed by atoms with Crippen LogP contribution in [0, 0.1) is 11.3 Å². The van der Waals surface area contributed by atoms with Gasteiger partial charge in [0.05, 0.1) is 10.6 Å². The van der Waals surface area contributed by atoms with Crippen LogP contribution in [0.5, 0.6) is 0 Å². The maximum atomic E-state index is 11.2. The number of nitriles is 1. The van der Waals surface area contributed by atoms with Crippen molar-refractivity contribution in [1.29, 1.82) is 5.26 Å². The molecule has 0 saturated heterocycles. The predicted octanol–water partition coefficient (Wildman–Crippen LogP) is 2.83. The summed E-state index contributed by atoms with van der Waals surface area (Å²) in [5.74, 6) is -0.146. The molecule has 0 saturated carbocycles. The molecule has 0 aliphatic heterocycles. The quantitative estimate of drug-likeness (QED) is 0.806. The summed E-state index contributed by atoms with van der Waals surface area (Å²) in [6.07, 6.45) is 0. The van der Waals surface area contributed by atoms with Gasteiger partial charge in [-0.15, -0.1) is 16.4 Å². The monoisotopic (exact) mass is 309 g/mol. The van der Waals surface area contributed by atoms with Crippen molar-refractivity contribution in [3.63, 3.8) is 0 Å². The molecule has 6 nitrogen and oxygen atoms in total. The number of carbonyl (C=O) groups is 1. The zero-order chi connectivity index (χ0) is 15.5. The fraction of sp³-hybridized carbons (Fsp3) is 0.0667. The van der Waals surface area contributed by atoms with E-state index in [1.165, 1.54) is 18.3 Å². The van der Waals surface area contributed by atoms with Crippen LogP contribution in [-0.4, -0.2) is 20.9 Å². The molecule has 1 amide bonds. The van der Waals surface area contributed by atoms with Crippen molar-refractivity contribution in [2.24, 2.45) is 0 Å². The van der Waals surface area contributed by atoms with Gasteiger partial charge in [0.2, 0.25) is 5.91 Å². The minimum Gasteiger partial charge on any atom is -0.326 e. The van der Waals surface area contributed by atoms with Crippen LogP contribution < -0.4 is 5.32 Å². The van der Waals surface area contributed by atoms with Crippen LogP contribution in [0.2, 0.25) is 0 Å². The highest BCUT2D eigenvalue weighted by atomic mass is 32.1. The molecule has 0 spiro atoms. The normalized spacial score (nSPS) is 10.2. The molecule has 2 aromatic heterocycles. The van der Waals surface area contributed by atoms with Crippen molar-refractivity contribution >= 4 is 22.9 Å². The Labute approximate surface area is 130 Å². The number of anilines is 1. The Morgan fingerprint density at radius 1 is 1.36 bits per heavy atom. The summed E-state index contributed by atoms with van der Waals surface area (Å²) in [6, 6.07) is 13.1. The van der Waals surface area contributed by atoms with Gasteiger partial charge >= 0.3 is 0 Å². The zero-order valence-electron chi connectivity index (χ0n) is 11.6. The maximum absolute atomic E-state index is 11.2. The van der Waals surface area contributed by atoms with Crippen LogP contribution in [-0.2, 0) is 4.79 Å². The Kier molecular flexibility index (Phi) is 3.68. The lowest BCUT2D eigenvalue weighted by Gasteiger charge is -2.07. The van der Waals surface area contributed by atoms with Crippen LogP contribution in [0.1, 0.15) is 12.6 Å². The minimum absolute atomic E-state index is 0.146. The third kappa shape index (κ3) is 2.60. The number of carbonyl (C=O) groups excluding carboxylic acids is 1. The molecule has 1 aromatic carbocycles. The Hall–Kier alpha value is -2.98. The number of aromatic nitrogens is 3. The first-order chi connectivity index (χ1) is 10.7. The summed E-state index contributed by atoms with van der Waals surface area (Å²) < 4.78 is 1.61. The van der Waals surface area contributed by atoms with E-state index < -0.39 is 0 Å². The van der Waals surface area contributed by atoms with E-state index in [0.717, 1.165) is 10.6 Å². The molecule has 7 heteroatoms. The summed E-state index contributed by atoms with van der Waals surface area (Å²) in [6.45, 7) is 1.45. The van der Waals surface area contributed by atoms with Crippen LogP contribution in [0.15, 0.2) is 41.8 Å². The molecule has 0 radical (unpaired) electrons. The summed E-state index contributed by atoms with van der Waals surface area (Å²) in [5, 5.41) is 21.9. The fourth-order valence-electron chi connectivity index (χ4n) is 2.09. The van der Waals surface area contributed by atoms with Crippen LogP contribution in [0.3, 0.4) is 0 Å². The molecule has 0 aliphatic rings. The third-order valence-electron chi connectivity index (χ3n) is 2.94. The average Bonchev–Trinajstić information content (AvgIpc) is 3.15. The maximum Gasteiger partial charge on any atom is 0.221 e. The SMILES string of the molecule is CC(=O)Nc1cccc(-n2nnc(C#N)c2-c2cccs2)c1. The first kappa shape index (κ1) is 14.0. The van der Waals surface area contributed by atoms with E-state index in [2.05, 4.69) is 21.7 Å². The molecule has 1 N–H and O–H groups in total. The molecule has 108 valence electrons. The summed E-state index contributed by atoms with van der Waals surface area (Å²) in [7, 11) is 0. The molecule has 3 aromatic rings. The summed E-state index contributed by atoms with van der Waals surface area (Å²) >= 11 is 1.51. The van der Waals surface area contributed by atoms with Gasteiger partial charge in [-0.05, 0) is 29.6 Å². The van der Waals surface area contributed by atoms with Crippen molar-refractivity contribution in [2.45, 2.75) is 6.92 Å². The standard InChI is InChI=1S/C15H11N5OS/c1-10(21)17-11-4-2-5-12(8-11)20-15(13(9-16)18-19-20)14-6-3-7-22-14/h2-8H,1H3,(H,17,21). The van der Waals surface area contributed by atoms with Gasteiger partial charge in [-0.1, -0.05) is 17.3 Å². The lowest BCUT2D eigenvalue weighted by molar-refractivity contribution is -0.114. The highest BCUT2D eigenvalue weighted by molar-refractivity contribution is 7.13. The van der Waals surface area contributed by atoms with E-state index in [4.69, 9.17) is 0 Å². The number of amides is 1. The number of nitrogens with zero attached hydrogens (tertiary/aromatic N) is 4. The summed E-state index contributed by atoms with van der Waals surface area (Å²) in [4.78, 5) is 12.1. The Balaban J connectivity index is 2.12. The average molecular weight is 309 g/mol. The lowest BCUT2D eigenvalue weighted by atomic mass is 10.2. The van der Waals surface area contributed by atoms with E-state index in [1.54, 1.807) is 16.8 Å². The Morgan fingerprint density at radius 3 is 2.91 bits per heavy atom. The molecule has 0 aliphatic carbocycles. The van der Waals surface area contributed by atoms with Gasteiger partial charge in [0, 0.05) is 12.6 Å².